The van der Waals surface area contributed by atoms with E-state index in [1.54, 1.807) is 6.07 Å². The first-order valence-corrected chi connectivity index (χ1v) is 7.49. The maximum absolute atomic E-state index is 12.5. The van der Waals surface area contributed by atoms with Gasteiger partial charge in [0.2, 0.25) is 5.76 Å². The molecular formula is C15H22N2O3. The van der Waals surface area contributed by atoms with E-state index in [2.05, 4.69) is 5.16 Å². The number of carbonyl (C=O) groups excluding carboxylic acids is 1. The van der Waals surface area contributed by atoms with Crippen LogP contribution in [0.2, 0.25) is 0 Å². The largest absolute Gasteiger partial charge is 0.371 e. The van der Waals surface area contributed by atoms with Gasteiger partial charge in [0.05, 0.1) is 24.4 Å². The van der Waals surface area contributed by atoms with E-state index in [0.717, 1.165) is 18.5 Å². The molecule has 0 unspecified atom stereocenters. The van der Waals surface area contributed by atoms with E-state index in [4.69, 9.17) is 9.26 Å². The highest BCUT2D eigenvalue weighted by atomic mass is 16.5. The van der Waals surface area contributed by atoms with Crippen LogP contribution in [0, 0.1) is 0 Å². The number of hydrogen-bond acceptors (Lipinski definition) is 4. The van der Waals surface area contributed by atoms with Crippen molar-refractivity contribution in [2.75, 3.05) is 19.7 Å². The Balaban J connectivity index is 1.72. The third-order valence-electron chi connectivity index (χ3n) is 4.38. The first-order chi connectivity index (χ1) is 9.60. The van der Waals surface area contributed by atoms with Gasteiger partial charge in [0, 0.05) is 12.6 Å². The number of carbonyl (C=O) groups is 1. The summed E-state index contributed by atoms with van der Waals surface area (Å²) in [5.41, 5.74) is 0.728. The highest BCUT2D eigenvalue weighted by molar-refractivity contribution is 5.91. The zero-order valence-electron chi connectivity index (χ0n) is 12.2. The second kappa shape index (κ2) is 5.20. The van der Waals surface area contributed by atoms with Crippen molar-refractivity contribution in [2.24, 2.45) is 0 Å². The maximum atomic E-state index is 12.5. The van der Waals surface area contributed by atoms with Gasteiger partial charge in [-0.05, 0) is 18.8 Å². The van der Waals surface area contributed by atoms with Crippen LogP contribution in [0.15, 0.2) is 10.6 Å². The molecule has 5 heteroatoms. The first-order valence-electron chi connectivity index (χ1n) is 7.49. The topological polar surface area (TPSA) is 55.6 Å². The Morgan fingerprint density at radius 1 is 1.40 bits per heavy atom. The highest BCUT2D eigenvalue weighted by Gasteiger charge is 2.41. The summed E-state index contributed by atoms with van der Waals surface area (Å²) in [7, 11) is 0. The van der Waals surface area contributed by atoms with Gasteiger partial charge in [0.15, 0.2) is 0 Å². The summed E-state index contributed by atoms with van der Waals surface area (Å²) >= 11 is 0. The van der Waals surface area contributed by atoms with Crippen LogP contribution in [0.25, 0.3) is 0 Å². The quantitative estimate of drug-likeness (QED) is 0.834. The second-order valence-corrected chi connectivity index (χ2v) is 6.24. The van der Waals surface area contributed by atoms with Gasteiger partial charge in [-0.1, -0.05) is 31.8 Å². The van der Waals surface area contributed by atoms with Gasteiger partial charge in [-0.2, -0.15) is 0 Å². The molecule has 110 valence electrons. The fraction of sp³-hybridized carbons (Fsp3) is 0.733. The van der Waals surface area contributed by atoms with E-state index in [1.165, 1.54) is 12.8 Å². The summed E-state index contributed by atoms with van der Waals surface area (Å²) < 4.78 is 11.2. The minimum absolute atomic E-state index is 0.0565. The van der Waals surface area contributed by atoms with Crippen molar-refractivity contribution in [2.45, 2.75) is 51.0 Å². The third-order valence-corrected chi connectivity index (χ3v) is 4.38. The normalized spacial score (nSPS) is 21.9. The molecule has 0 aromatic carbocycles. The second-order valence-electron chi connectivity index (χ2n) is 6.24. The van der Waals surface area contributed by atoms with Crippen LogP contribution in [0.3, 0.4) is 0 Å². The van der Waals surface area contributed by atoms with Crippen LogP contribution in [0.5, 0.6) is 0 Å². The standard InChI is InChI=1S/C15H22N2O3/c1-11(2)12-9-13(20-16-12)14(18)17-7-8-19-15(10-17)5-3-4-6-15/h9,11H,3-8,10H2,1-2H3. The van der Waals surface area contributed by atoms with Crippen LogP contribution in [0.1, 0.15) is 61.7 Å². The molecule has 0 atom stereocenters. The van der Waals surface area contributed by atoms with E-state index in [0.29, 0.717) is 25.5 Å². The van der Waals surface area contributed by atoms with E-state index in [1.807, 2.05) is 18.7 Å². The molecule has 1 saturated carbocycles. The van der Waals surface area contributed by atoms with E-state index >= 15 is 0 Å². The first kappa shape index (κ1) is 13.6. The summed E-state index contributed by atoms with van der Waals surface area (Å²) in [4.78, 5) is 14.4. The third kappa shape index (κ3) is 2.46. The van der Waals surface area contributed by atoms with Gasteiger partial charge >= 0.3 is 0 Å². The molecule has 1 aliphatic heterocycles. The molecule has 2 fully saturated rings. The number of hydrogen-bond donors (Lipinski definition) is 0. The minimum Gasteiger partial charge on any atom is -0.371 e. The average molecular weight is 278 g/mol. The highest BCUT2D eigenvalue weighted by Crippen LogP contribution is 2.36. The molecule has 1 aliphatic carbocycles. The van der Waals surface area contributed by atoms with E-state index in [-0.39, 0.29) is 17.4 Å². The van der Waals surface area contributed by atoms with Crippen LogP contribution >= 0.6 is 0 Å². The fourth-order valence-electron chi connectivity index (χ4n) is 3.16. The van der Waals surface area contributed by atoms with E-state index in [9.17, 15) is 4.79 Å². The average Bonchev–Trinajstić information content (AvgIpc) is 3.08. The Bertz CT molecular complexity index is 489. The molecular weight excluding hydrogens is 256 g/mol. The van der Waals surface area contributed by atoms with Crippen molar-refractivity contribution in [3.05, 3.63) is 17.5 Å². The molecule has 2 heterocycles. The Hall–Kier alpha value is -1.36. The van der Waals surface area contributed by atoms with Crippen LogP contribution in [0.4, 0.5) is 0 Å². The van der Waals surface area contributed by atoms with Gasteiger partial charge in [-0.25, -0.2) is 0 Å². The SMILES string of the molecule is CC(C)c1cc(C(=O)N2CCOC3(CCCC3)C2)on1. The lowest BCUT2D eigenvalue weighted by molar-refractivity contribution is -0.0953. The summed E-state index contributed by atoms with van der Waals surface area (Å²) in [6.07, 6.45) is 4.51. The number of ether oxygens (including phenoxy) is 1. The Morgan fingerprint density at radius 3 is 2.80 bits per heavy atom. The lowest BCUT2D eigenvalue weighted by Crippen LogP contribution is -2.52. The number of aromatic nitrogens is 1. The summed E-state index contributed by atoms with van der Waals surface area (Å²) in [6, 6.07) is 1.77. The molecule has 20 heavy (non-hydrogen) atoms. The molecule has 0 N–H and O–H groups in total. The van der Waals surface area contributed by atoms with Crippen molar-refractivity contribution >= 4 is 5.91 Å². The van der Waals surface area contributed by atoms with Crippen molar-refractivity contribution in [1.29, 1.82) is 0 Å². The zero-order chi connectivity index (χ0) is 14.2. The van der Waals surface area contributed by atoms with Gasteiger partial charge < -0.3 is 14.2 Å². The zero-order valence-corrected chi connectivity index (χ0v) is 12.2. The minimum atomic E-state index is -0.102. The van der Waals surface area contributed by atoms with Crippen LogP contribution in [-0.2, 0) is 4.74 Å². The Morgan fingerprint density at radius 2 is 2.15 bits per heavy atom. The smallest absolute Gasteiger partial charge is 0.292 e. The molecule has 3 rings (SSSR count). The lowest BCUT2D eigenvalue weighted by atomic mass is 9.99. The number of rotatable bonds is 2. The van der Waals surface area contributed by atoms with E-state index < -0.39 is 0 Å². The van der Waals surface area contributed by atoms with Crippen molar-refractivity contribution in [3.8, 4) is 0 Å². The predicted octanol–water partition coefficient (Wildman–Crippen LogP) is 2.58. The van der Waals surface area contributed by atoms with Crippen LogP contribution < -0.4 is 0 Å². The number of amides is 1. The number of nitrogens with zero attached hydrogens (tertiary/aromatic N) is 2. The fourth-order valence-corrected chi connectivity index (χ4v) is 3.16. The monoisotopic (exact) mass is 278 g/mol. The molecule has 1 saturated heterocycles. The lowest BCUT2D eigenvalue weighted by Gasteiger charge is -2.40. The van der Waals surface area contributed by atoms with Crippen LogP contribution in [-0.4, -0.2) is 41.3 Å². The molecule has 1 aromatic heterocycles. The van der Waals surface area contributed by atoms with Gasteiger partial charge in [-0.15, -0.1) is 0 Å². The molecule has 5 nitrogen and oxygen atoms in total. The molecule has 1 amide bonds. The van der Waals surface area contributed by atoms with Gasteiger partial charge in [0.25, 0.3) is 5.91 Å². The maximum Gasteiger partial charge on any atom is 0.292 e. The Labute approximate surface area is 119 Å². The molecule has 0 bridgehead atoms. The summed E-state index contributed by atoms with van der Waals surface area (Å²) in [5, 5.41) is 3.97. The summed E-state index contributed by atoms with van der Waals surface area (Å²) in [6.45, 7) is 6.02. The van der Waals surface area contributed by atoms with Crippen molar-refractivity contribution in [1.82, 2.24) is 10.1 Å². The van der Waals surface area contributed by atoms with Gasteiger partial charge in [0.1, 0.15) is 0 Å². The van der Waals surface area contributed by atoms with Crippen molar-refractivity contribution in [3.63, 3.8) is 0 Å². The number of morpholine rings is 1. The molecule has 1 spiro atoms. The predicted molar refractivity (Wildman–Crippen MR) is 73.6 cm³/mol. The Kier molecular flexibility index (Phi) is 3.54. The van der Waals surface area contributed by atoms with Crippen molar-refractivity contribution < 1.29 is 14.1 Å². The molecule has 2 aliphatic rings. The van der Waals surface area contributed by atoms with Gasteiger partial charge in [-0.3, -0.25) is 4.79 Å². The summed E-state index contributed by atoms with van der Waals surface area (Å²) in [5.74, 6) is 0.564. The molecule has 0 radical (unpaired) electrons. The molecule has 1 aromatic rings.